The first-order valence-electron chi connectivity index (χ1n) is 5.68. The van der Waals surface area contributed by atoms with Crippen molar-refractivity contribution >= 4 is 5.91 Å². The summed E-state index contributed by atoms with van der Waals surface area (Å²) in [5, 5.41) is 0. The van der Waals surface area contributed by atoms with Crippen LogP contribution in [0.15, 0.2) is 0 Å². The van der Waals surface area contributed by atoms with Gasteiger partial charge in [0.05, 0.1) is 0 Å². The van der Waals surface area contributed by atoms with Crippen molar-refractivity contribution in [1.82, 2.24) is 4.90 Å². The summed E-state index contributed by atoms with van der Waals surface area (Å²) in [6.07, 6.45) is 3.80. The topological polar surface area (TPSA) is 46.3 Å². The molecule has 0 aromatic heterocycles. The molecule has 0 aromatic rings. The lowest BCUT2D eigenvalue weighted by atomic mass is 9.91. The summed E-state index contributed by atoms with van der Waals surface area (Å²) in [6, 6.07) is 0.276. The van der Waals surface area contributed by atoms with E-state index in [2.05, 4.69) is 6.92 Å². The van der Waals surface area contributed by atoms with Gasteiger partial charge in [-0.3, -0.25) is 4.79 Å². The van der Waals surface area contributed by atoms with Crippen LogP contribution in [-0.2, 0) is 4.79 Å². The Morgan fingerprint density at radius 2 is 2.07 bits per heavy atom. The molecule has 1 amide bonds. The average Bonchev–Trinajstić information content (AvgIpc) is 2.18. The predicted octanol–water partition coefficient (Wildman–Crippen LogP) is 1.37. The SMILES string of the molecule is CCCC(=O)N1CCC(C(C)N)CC1. The van der Waals surface area contributed by atoms with Crippen LogP contribution in [0, 0.1) is 5.92 Å². The molecule has 0 bridgehead atoms. The van der Waals surface area contributed by atoms with E-state index in [0.29, 0.717) is 18.2 Å². The minimum absolute atomic E-state index is 0.276. The molecule has 3 nitrogen and oxygen atoms in total. The highest BCUT2D eigenvalue weighted by atomic mass is 16.2. The number of hydrogen-bond donors (Lipinski definition) is 1. The summed E-state index contributed by atoms with van der Waals surface area (Å²) in [4.78, 5) is 13.6. The average molecular weight is 198 g/mol. The number of carbonyl (C=O) groups excluding carboxylic acids is 1. The summed E-state index contributed by atoms with van der Waals surface area (Å²) in [5.41, 5.74) is 5.84. The fourth-order valence-corrected chi connectivity index (χ4v) is 2.05. The molecule has 0 spiro atoms. The van der Waals surface area contributed by atoms with Gasteiger partial charge in [-0.1, -0.05) is 6.92 Å². The molecule has 0 radical (unpaired) electrons. The lowest BCUT2D eigenvalue weighted by molar-refractivity contribution is -0.132. The maximum absolute atomic E-state index is 11.6. The molecule has 82 valence electrons. The van der Waals surface area contributed by atoms with Crippen LogP contribution in [0.4, 0.5) is 0 Å². The maximum Gasteiger partial charge on any atom is 0.222 e. The highest BCUT2D eigenvalue weighted by Crippen LogP contribution is 2.20. The van der Waals surface area contributed by atoms with Crippen LogP contribution in [0.1, 0.15) is 39.5 Å². The normalized spacial score (nSPS) is 20.9. The molecule has 0 aliphatic carbocycles. The second-order valence-corrected chi connectivity index (χ2v) is 4.33. The monoisotopic (exact) mass is 198 g/mol. The van der Waals surface area contributed by atoms with Crippen LogP contribution in [-0.4, -0.2) is 29.9 Å². The quantitative estimate of drug-likeness (QED) is 0.744. The molecule has 1 atom stereocenters. The number of amides is 1. The van der Waals surface area contributed by atoms with E-state index in [1.54, 1.807) is 0 Å². The molecule has 1 saturated heterocycles. The van der Waals surface area contributed by atoms with Gasteiger partial charge >= 0.3 is 0 Å². The van der Waals surface area contributed by atoms with Crippen molar-refractivity contribution in [2.24, 2.45) is 11.7 Å². The second kappa shape index (κ2) is 5.35. The Morgan fingerprint density at radius 3 is 2.50 bits per heavy atom. The van der Waals surface area contributed by atoms with E-state index in [4.69, 9.17) is 5.73 Å². The predicted molar refractivity (Wildman–Crippen MR) is 57.9 cm³/mol. The molecule has 3 heteroatoms. The summed E-state index contributed by atoms with van der Waals surface area (Å²) in [7, 11) is 0. The van der Waals surface area contributed by atoms with Crippen molar-refractivity contribution in [3.8, 4) is 0 Å². The van der Waals surface area contributed by atoms with Crippen LogP contribution in [0.25, 0.3) is 0 Å². The van der Waals surface area contributed by atoms with Gasteiger partial charge in [-0.15, -0.1) is 0 Å². The van der Waals surface area contributed by atoms with Crippen molar-refractivity contribution < 1.29 is 4.79 Å². The van der Waals surface area contributed by atoms with E-state index >= 15 is 0 Å². The van der Waals surface area contributed by atoms with Crippen LogP contribution in [0.5, 0.6) is 0 Å². The van der Waals surface area contributed by atoms with E-state index in [1.807, 2.05) is 11.8 Å². The Hall–Kier alpha value is -0.570. The minimum atomic E-state index is 0.276. The summed E-state index contributed by atoms with van der Waals surface area (Å²) in [6.45, 7) is 5.93. The second-order valence-electron chi connectivity index (χ2n) is 4.33. The first kappa shape index (κ1) is 11.5. The molecule has 1 aliphatic rings. The van der Waals surface area contributed by atoms with Gasteiger partial charge in [0.25, 0.3) is 0 Å². The van der Waals surface area contributed by atoms with Crippen molar-refractivity contribution in [3.63, 3.8) is 0 Å². The molecule has 1 rings (SSSR count). The van der Waals surface area contributed by atoms with Crippen molar-refractivity contribution in [2.45, 2.75) is 45.6 Å². The zero-order valence-corrected chi connectivity index (χ0v) is 9.33. The van der Waals surface area contributed by atoms with Gasteiger partial charge < -0.3 is 10.6 Å². The van der Waals surface area contributed by atoms with Crippen LogP contribution in [0.3, 0.4) is 0 Å². The fraction of sp³-hybridized carbons (Fsp3) is 0.909. The molecule has 2 N–H and O–H groups in total. The van der Waals surface area contributed by atoms with Crippen molar-refractivity contribution in [2.75, 3.05) is 13.1 Å². The number of rotatable bonds is 3. The molecular formula is C11H22N2O. The largest absolute Gasteiger partial charge is 0.343 e. The Kier molecular flexibility index (Phi) is 4.39. The van der Waals surface area contributed by atoms with E-state index < -0.39 is 0 Å². The number of nitrogens with zero attached hydrogens (tertiary/aromatic N) is 1. The van der Waals surface area contributed by atoms with Gasteiger partial charge in [-0.05, 0) is 32.1 Å². The molecule has 0 saturated carbocycles. The van der Waals surface area contributed by atoms with E-state index in [1.165, 1.54) is 0 Å². The lowest BCUT2D eigenvalue weighted by Gasteiger charge is -2.33. The molecule has 1 fully saturated rings. The maximum atomic E-state index is 11.6. The van der Waals surface area contributed by atoms with E-state index in [9.17, 15) is 4.79 Å². The number of nitrogens with two attached hydrogens (primary N) is 1. The van der Waals surface area contributed by atoms with Crippen LogP contribution in [0.2, 0.25) is 0 Å². The highest BCUT2D eigenvalue weighted by molar-refractivity contribution is 5.76. The Bertz CT molecular complexity index is 184. The van der Waals surface area contributed by atoms with Gasteiger partial charge in [-0.25, -0.2) is 0 Å². The van der Waals surface area contributed by atoms with E-state index in [0.717, 1.165) is 32.4 Å². The number of piperidine rings is 1. The smallest absolute Gasteiger partial charge is 0.222 e. The Morgan fingerprint density at radius 1 is 1.50 bits per heavy atom. The van der Waals surface area contributed by atoms with Gasteiger partial charge in [0.2, 0.25) is 5.91 Å². The van der Waals surface area contributed by atoms with E-state index in [-0.39, 0.29) is 6.04 Å². The molecule has 1 aliphatic heterocycles. The minimum Gasteiger partial charge on any atom is -0.343 e. The Labute approximate surface area is 86.6 Å². The van der Waals surface area contributed by atoms with Crippen LogP contribution >= 0.6 is 0 Å². The fourth-order valence-electron chi connectivity index (χ4n) is 2.05. The summed E-state index contributed by atoms with van der Waals surface area (Å²) < 4.78 is 0. The summed E-state index contributed by atoms with van der Waals surface area (Å²) >= 11 is 0. The molecular weight excluding hydrogens is 176 g/mol. The first-order valence-corrected chi connectivity index (χ1v) is 5.68. The summed E-state index contributed by atoms with van der Waals surface area (Å²) in [5.74, 6) is 0.927. The Balaban J connectivity index is 2.31. The molecule has 14 heavy (non-hydrogen) atoms. The molecule has 0 aromatic carbocycles. The zero-order valence-electron chi connectivity index (χ0n) is 9.33. The third-order valence-corrected chi connectivity index (χ3v) is 3.10. The number of likely N-dealkylation sites (tertiary alicyclic amines) is 1. The standard InChI is InChI=1S/C11H22N2O/c1-3-4-11(14)13-7-5-10(6-8-13)9(2)12/h9-10H,3-8,12H2,1-2H3. The third-order valence-electron chi connectivity index (χ3n) is 3.10. The molecule has 1 heterocycles. The van der Waals surface area contributed by atoms with Gasteiger partial charge in [0.1, 0.15) is 0 Å². The van der Waals surface area contributed by atoms with Gasteiger partial charge in [0.15, 0.2) is 0 Å². The van der Waals surface area contributed by atoms with Gasteiger partial charge in [0, 0.05) is 25.6 Å². The number of carbonyl (C=O) groups is 1. The highest BCUT2D eigenvalue weighted by Gasteiger charge is 2.23. The zero-order chi connectivity index (χ0) is 10.6. The number of hydrogen-bond acceptors (Lipinski definition) is 2. The first-order chi connectivity index (χ1) is 6.65. The third kappa shape index (κ3) is 2.98. The van der Waals surface area contributed by atoms with Crippen molar-refractivity contribution in [1.29, 1.82) is 0 Å². The van der Waals surface area contributed by atoms with Crippen molar-refractivity contribution in [3.05, 3.63) is 0 Å². The lowest BCUT2D eigenvalue weighted by Crippen LogP contribution is -2.42. The van der Waals surface area contributed by atoms with Crippen LogP contribution < -0.4 is 5.73 Å². The molecule has 1 unspecified atom stereocenters. The van der Waals surface area contributed by atoms with Gasteiger partial charge in [-0.2, -0.15) is 0 Å².